The molecule has 11 rings (SSSR count). The number of nitrogens with zero attached hydrogens (tertiary/aromatic N) is 4. The van der Waals surface area contributed by atoms with Crippen molar-refractivity contribution in [2.24, 2.45) is 0 Å². The lowest BCUT2D eigenvalue weighted by Gasteiger charge is -2.13. The van der Waals surface area contributed by atoms with E-state index in [9.17, 15) is 0 Å². The third kappa shape index (κ3) is 4.59. The van der Waals surface area contributed by atoms with Crippen LogP contribution in [0.25, 0.3) is 94.2 Å². The van der Waals surface area contributed by atoms with Crippen LogP contribution < -0.4 is 0 Å². The minimum atomic E-state index is 0.873. The molecule has 248 valence electrons. The molecule has 11 aromatic rings. The Labute approximate surface area is 306 Å². The third-order valence-electron chi connectivity index (χ3n) is 10.7. The zero-order valence-corrected chi connectivity index (χ0v) is 28.8. The van der Waals surface area contributed by atoms with Gasteiger partial charge < -0.3 is 4.57 Å². The van der Waals surface area contributed by atoms with E-state index in [0.29, 0.717) is 0 Å². The fourth-order valence-corrected chi connectivity index (χ4v) is 8.23. The van der Waals surface area contributed by atoms with Crippen molar-refractivity contribution in [3.05, 3.63) is 194 Å². The molecule has 0 bridgehead atoms. The fraction of sp³-hybridized carbons (Fsp3) is 0. The van der Waals surface area contributed by atoms with Crippen molar-refractivity contribution in [1.29, 1.82) is 0 Å². The molecule has 0 aliphatic rings. The van der Waals surface area contributed by atoms with Crippen molar-refractivity contribution >= 4 is 54.6 Å². The van der Waals surface area contributed by atoms with Crippen LogP contribution in [0.4, 0.5) is 0 Å². The summed E-state index contributed by atoms with van der Waals surface area (Å²) in [5, 5.41) is 4.81. The largest absolute Gasteiger partial charge is 0.309 e. The molecule has 0 aliphatic carbocycles. The zero-order chi connectivity index (χ0) is 34.9. The van der Waals surface area contributed by atoms with Crippen molar-refractivity contribution < 1.29 is 0 Å². The molecular formula is C49H32N4. The average Bonchev–Trinajstić information content (AvgIpc) is 3.88. The predicted molar refractivity (Wildman–Crippen MR) is 221 cm³/mol. The second-order valence-electron chi connectivity index (χ2n) is 13.7. The number of rotatable bonds is 5. The molecule has 3 aromatic heterocycles. The number of fused-ring (bicyclic) bond motifs is 7. The molecule has 8 aromatic carbocycles. The summed E-state index contributed by atoms with van der Waals surface area (Å²) in [6, 6.07) is 69.6. The molecule has 0 atom stereocenters. The lowest BCUT2D eigenvalue weighted by molar-refractivity contribution is 0.956. The second kappa shape index (κ2) is 11.7. The van der Waals surface area contributed by atoms with Crippen molar-refractivity contribution in [1.82, 2.24) is 18.7 Å². The molecule has 0 saturated carbocycles. The van der Waals surface area contributed by atoms with Crippen LogP contribution in [0.15, 0.2) is 194 Å². The molecule has 0 radical (unpaired) electrons. The number of aromatic nitrogens is 4. The topological polar surface area (TPSA) is 27.7 Å². The van der Waals surface area contributed by atoms with E-state index in [1.165, 1.54) is 54.8 Å². The van der Waals surface area contributed by atoms with E-state index in [1.54, 1.807) is 0 Å². The highest BCUT2D eigenvalue weighted by atomic mass is 15.2. The first kappa shape index (κ1) is 29.5. The van der Waals surface area contributed by atoms with Gasteiger partial charge in [-0.2, -0.15) is 0 Å². The molecule has 3 heterocycles. The third-order valence-corrected chi connectivity index (χ3v) is 10.7. The normalized spacial score (nSPS) is 11.8. The summed E-state index contributed by atoms with van der Waals surface area (Å²) in [6.07, 6.45) is 0. The van der Waals surface area contributed by atoms with Crippen molar-refractivity contribution in [3.63, 3.8) is 0 Å². The van der Waals surface area contributed by atoms with Gasteiger partial charge in [-0.25, -0.2) is 4.98 Å². The second-order valence-corrected chi connectivity index (χ2v) is 13.7. The van der Waals surface area contributed by atoms with E-state index < -0.39 is 0 Å². The standard InChI is InChI=1S/C49H32N4/c1-3-14-33(15-4-1)34-26-28-35(29-27-34)36-16-13-19-38(30-36)51-44-23-10-7-20-39(44)41-32-48-42(31-47(41)51)40-21-8-11-24-45(40)53(48)49-50-43-22-9-12-25-46(43)52(49)37-17-5-2-6-18-37/h1-32H. The lowest BCUT2D eigenvalue weighted by Crippen LogP contribution is -2.05. The first-order valence-corrected chi connectivity index (χ1v) is 18.1. The van der Waals surface area contributed by atoms with Gasteiger partial charge in [0.2, 0.25) is 5.95 Å². The smallest absolute Gasteiger partial charge is 0.220 e. The van der Waals surface area contributed by atoms with Gasteiger partial charge in [-0.15, -0.1) is 0 Å². The number of hydrogen-bond donors (Lipinski definition) is 0. The summed E-state index contributed by atoms with van der Waals surface area (Å²) < 4.78 is 7.06. The van der Waals surface area contributed by atoms with Crippen molar-refractivity contribution in [2.75, 3.05) is 0 Å². The summed E-state index contributed by atoms with van der Waals surface area (Å²) in [5.41, 5.74) is 13.7. The average molecular weight is 677 g/mol. The van der Waals surface area contributed by atoms with Gasteiger partial charge in [0.05, 0.1) is 33.1 Å². The summed E-state index contributed by atoms with van der Waals surface area (Å²) in [5.74, 6) is 0.873. The molecule has 0 saturated heterocycles. The number of benzene rings is 8. The first-order chi connectivity index (χ1) is 26.3. The van der Waals surface area contributed by atoms with Crippen LogP contribution in [0, 0.1) is 0 Å². The van der Waals surface area contributed by atoms with Crippen LogP contribution in [-0.4, -0.2) is 18.7 Å². The maximum atomic E-state index is 5.31. The minimum Gasteiger partial charge on any atom is -0.309 e. The number of imidazole rings is 1. The molecule has 0 unspecified atom stereocenters. The van der Waals surface area contributed by atoms with Crippen molar-refractivity contribution in [2.45, 2.75) is 0 Å². The predicted octanol–water partition coefficient (Wildman–Crippen LogP) is 12.6. The Morgan fingerprint density at radius 3 is 1.47 bits per heavy atom. The number of hydrogen-bond acceptors (Lipinski definition) is 1. The fourth-order valence-electron chi connectivity index (χ4n) is 8.23. The Balaban J connectivity index is 1.15. The lowest BCUT2D eigenvalue weighted by atomic mass is 10.00. The molecule has 0 amide bonds. The molecule has 53 heavy (non-hydrogen) atoms. The maximum Gasteiger partial charge on any atom is 0.220 e. The van der Waals surface area contributed by atoms with E-state index in [-0.39, 0.29) is 0 Å². The Morgan fingerprint density at radius 2 is 0.774 bits per heavy atom. The van der Waals surface area contributed by atoms with Crippen LogP contribution in [0.2, 0.25) is 0 Å². The van der Waals surface area contributed by atoms with E-state index in [2.05, 4.69) is 208 Å². The van der Waals surface area contributed by atoms with E-state index in [4.69, 9.17) is 4.98 Å². The Kier molecular flexibility index (Phi) is 6.52. The van der Waals surface area contributed by atoms with Crippen LogP contribution in [0.5, 0.6) is 0 Å². The van der Waals surface area contributed by atoms with Crippen LogP contribution >= 0.6 is 0 Å². The summed E-state index contributed by atoms with van der Waals surface area (Å²) in [4.78, 5) is 5.31. The van der Waals surface area contributed by atoms with Crippen LogP contribution in [-0.2, 0) is 0 Å². The van der Waals surface area contributed by atoms with Gasteiger partial charge in [-0.3, -0.25) is 9.13 Å². The molecule has 0 N–H and O–H groups in total. The highest BCUT2D eigenvalue weighted by Gasteiger charge is 2.22. The van der Waals surface area contributed by atoms with Gasteiger partial charge in [0.15, 0.2) is 0 Å². The summed E-state index contributed by atoms with van der Waals surface area (Å²) in [7, 11) is 0. The summed E-state index contributed by atoms with van der Waals surface area (Å²) >= 11 is 0. The van der Waals surface area contributed by atoms with Gasteiger partial charge in [-0.1, -0.05) is 133 Å². The molecule has 4 nitrogen and oxygen atoms in total. The van der Waals surface area contributed by atoms with E-state index in [1.807, 2.05) is 0 Å². The quantitative estimate of drug-likeness (QED) is 0.178. The maximum absolute atomic E-state index is 5.31. The molecule has 0 fully saturated rings. The molecule has 0 aliphatic heterocycles. The van der Waals surface area contributed by atoms with E-state index >= 15 is 0 Å². The molecular weight excluding hydrogens is 645 g/mol. The van der Waals surface area contributed by atoms with Gasteiger partial charge in [-0.05, 0) is 82.9 Å². The van der Waals surface area contributed by atoms with Gasteiger partial charge >= 0.3 is 0 Å². The first-order valence-electron chi connectivity index (χ1n) is 18.1. The Bertz CT molecular complexity index is 3150. The minimum absolute atomic E-state index is 0.873. The highest BCUT2D eigenvalue weighted by Crippen LogP contribution is 2.40. The highest BCUT2D eigenvalue weighted by molar-refractivity contribution is 6.19. The van der Waals surface area contributed by atoms with Crippen LogP contribution in [0.1, 0.15) is 0 Å². The van der Waals surface area contributed by atoms with Gasteiger partial charge in [0, 0.05) is 32.9 Å². The van der Waals surface area contributed by atoms with Crippen molar-refractivity contribution in [3.8, 4) is 39.6 Å². The molecule has 0 spiro atoms. The van der Waals surface area contributed by atoms with Crippen LogP contribution in [0.3, 0.4) is 0 Å². The SMILES string of the molecule is c1ccc(-c2ccc(-c3cccc(-n4c5ccccc5c5cc6c(cc54)c4ccccc4n6-c4nc5ccccc5n4-c4ccccc4)c3)cc2)cc1. The molecule has 4 heteroatoms. The zero-order valence-electron chi connectivity index (χ0n) is 28.8. The van der Waals surface area contributed by atoms with Gasteiger partial charge in [0.25, 0.3) is 0 Å². The monoisotopic (exact) mass is 676 g/mol. The summed E-state index contributed by atoms with van der Waals surface area (Å²) in [6.45, 7) is 0. The Hall–Kier alpha value is -7.17. The Morgan fingerprint density at radius 1 is 0.283 bits per heavy atom. The van der Waals surface area contributed by atoms with E-state index in [0.717, 1.165) is 39.4 Å². The number of para-hydroxylation sites is 5. The van der Waals surface area contributed by atoms with Gasteiger partial charge in [0.1, 0.15) is 0 Å².